The van der Waals surface area contributed by atoms with Crippen LogP contribution in [0.15, 0.2) is 24.3 Å². The summed E-state index contributed by atoms with van der Waals surface area (Å²) in [7, 11) is 0. The van der Waals surface area contributed by atoms with Crippen LogP contribution < -0.4 is 5.32 Å². The summed E-state index contributed by atoms with van der Waals surface area (Å²) >= 11 is 0. The smallest absolute Gasteiger partial charge is 0.0897 e. The first-order valence-corrected chi connectivity index (χ1v) is 8.21. The van der Waals surface area contributed by atoms with Crippen molar-refractivity contribution in [2.75, 3.05) is 13.2 Å². The van der Waals surface area contributed by atoms with Crippen molar-refractivity contribution in [2.45, 2.75) is 58.3 Å². The van der Waals surface area contributed by atoms with Crippen LogP contribution in [0.1, 0.15) is 43.7 Å². The van der Waals surface area contributed by atoms with Gasteiger partial charge in [-0.15, -0.1) is 0 Å². The molecule has 3 atom stereocenters. The highest BCUT2D eigenvalue weighted by Crippen LogP contribution is 2.26. The predicted molar refractivity (Wildman–Crippen MR) is 86.3 cm³/mol. The molecule has 0 radical (unpaired) electrons. The van der Waals surface area contributed by atoms with Gasteiger partial charge in [-0.25, -0.2) is 0 Å². The van der Waals surface area contributed by atoms with Gasteiger partial charge in [-0.1, -0.05) is 49.6 Å². The van der Waals surface area contributed by atoms with Crippen molar-refractivity contribution in [3.05, 3.63) is 35.4 Å². The average Bonchev–Trinajstić information content (AvgIpc) is 2.46. The molecule has 3 unspecified atom stereocenters. The van der Waals surface area contributed by atoms with E-state index in [1.807, 2.05) is 0 Å². The molecule has 3 heteroatoms. The number of hydrogen-bond acceptors (Lipinski definition) is 3. The number of aliphatic hydroxyl groups is 1. The molecular weight excluding hydrogens is 262 g/mol. The van der Waals surface area contributed by atoms with Gasteiger partial charge >= 0.3 is 0 Å². The van der Waals surface area contributed by atoms with Crippen LogP contribution in [0, 0.1) is 12.8 Å². The lowest BCUT2D eigenvalue weighted by atomic mass is 9.88. The van der Waals surface area contributed by atoms with Crippen LogP contribution in [0.25, 0.3) is 0 Å². The molecule has 118 valence electrons. The van der Waals surface area contributed by atoms with Crippen LogP contribution in [0.3, 0.4) is 0 Å². The Morgan fingerprint density at radius 2 is 2.14 bits per heavy atom. The van der Waals surface area contributed by atoms with Crippen LogP contribution in [0.2, 0.25) is 0 Å². The molecule has 0 spiro atoms. The Kier molecular flexibility index (Phi) is 6.68. The second-order valence-corrected chi connectivity index (χ2v) is 6.41. The van der Waals surface area contributed by atoms with Crippen molar-refractivity contribution >= 4 is 0 Å². The van der Waals surface area contributed by atoms with E-state index < -0.39 is 6.10 Å². The maximum absolute atomic E-state index is 10.0. The molecule has 21 heavy (non-hydrogen) atoms. The van der Waals surface area contributed by atoms with Crippen LogP contribution in [-0.2, 0) is 11.3 Å². The Morgan fingerprint density at radius 1 is 1.33 bits per heavy atom. The molecule has 1 aliphatic carbocycles. The van der Waals surface area contributed by atoms with Gasteiger partial charge in [0.05, 0.1) is 18.8 Å². The van der Waals surface area contributed by atoms with Gasteiger partial charge in [-0.05, 0) is 31.2 Å². The summed E-state index contributed by atoms with van der Waals surface area (Å²) < 4.78 is 5.89. The maximum atomic E-state index is 10.0. The molecule has 0 amide bonds. The van der Waals surface area contributed by atoms with Gasteiger partial charge in [0.15, 0.2) is 0 Å². The van der Waals surface area contributed by atoms with E-state index >= 15 is 0 Å². The van der Waals surface area contributed by atoms with Crippen molar-refractivity contribution in [2.24, 2.45) is 5.92 Å². The summed E-state index contributed by atoms with van der Waals surface area (Å²) in [4.78, 5) is 0. The number of rotatable bonds is 7. The largest absolute Gasteiger partial charge is 0.389 e. The molecule has 0 saturated heterocycles. The summed E-state index contributed by atoms with van der Waals surface area (Å²) in [5.41, 5.74) is 2.52. The standard InChI is InChI=1S/C18H29NO2/c1-14-6-5-8-16(10-14)11-19-12-17(20)13-21-18-9-4-3-7-15(18)2/h5-6,8,10,15,17-20H,3-4,7,9,11-13H2,1-2H3. The first-order valence-electron chi connectivity index (χ1n) is 8.21. The number of ether oxygens (including phenoxy) is 1. The van der Waals surface area contributed by atoms with Crippen LogP contribution in [-0.4, -0.2) is 30.5 Å². The highest BCUT2D eigenvalue weighted by atomic mass is 16.5. The molecule has 2 N–H and O–H groups in total. The van der Waals surface area contributed by atoms with Gasteiger partial charge in [-0.3, -0.25) is 0 Å². The number of aryl methyl sites for hydroxylation is 1. The summed E-state index contributed by atoms with van der Waals surface area (Å²) in [6, 6.07) is 8.43. The fourth-order valence-electron chi connectivity index (χ4n) is 3.03. The first-order chi connectivity index (χ1) is 10.1. The second kappa shape index (κ2) is 8.52. The van der Waals surface area contributed by atoms with Crippen molar-refractivity contribution < 1.29 is 9.84 Å². The minimum atomic E-state index is -0.427. The van der Waals surface area contributed by atoms with Gasteiger partial charge in [0, 0.05) is 13.1 Å². The minimum Gasteiger partial charge on any atom is -0.389 e. The molecule has 2 rings (SSSR count). The third-order valence-corrected chi connectivity index (χ3v) is 4.33. The summed E-state index contributed by atoms with van der Waals surface area (Å²) in [5.74, 6) is 0.631. The van der Waals surface area contributed by atoms with Crippen LogP contribution in [0.4, 0.5) is 0 Å². The lowest BCUT2D eigenvalue weighted by Crippen LogP contribution is -2.34. The fourth-order valence-corrected chi connectivity index (χ4v) is 3.03. The van der Waals surface area contributed by atoms with Gasteiger partial charge in [0.25, 0.3) is 0 Å². The van der Waals surface area contributed by atoms with E-state index in [4.69, 9.17) is 4.74 Å². The zero-order chi connectivity index (χ0) is 15.1. The topological polar surface area (TPSA) is 41.5 Å². The van der Waals surface area contributed by atoms with Gasteiger partial charge in [0.2, 0.25) is 0 Å². The molecular formula is C18H29NO2. The van der Waals surface area contributed by atoms with Crippen LogP contribution >= 0.6 is 0 Å². The molecule has 0 bridgehead atoms. The number of benzene rings is 1. The second-order valence-electron chi connectivity index (χ2n) is 6.41. The molecule has 3 nitrogen and oxygen atoms in total. The van der Waals surface area contributed by atoms with E-state index in [9.17, 15) is 5.11 Å². The first kappa shape index (κ1) is 16.5. The third kappa shape index (κ3) is 5.77. The highest BCUT2D eigenvalue weighted by molar-refractivity contribution is 5.21. The fraction of sp³-hybridized carbons (Fsp3) is 0.667. The molecule has 1 saturated carbocycles. The third-order valence-electron chi connectivity index (χ3n) is 4.33. The molecule has 1 aromatic rings. The maximum Gasteiger partial charge on any atom is 0.0897 e. The predicted octanol–water partition coefficient (Wildman–Crippen LogP) is 3.04. The van der Waals surface area contributed by atoms with Gasteiger partial charge in [0.1, 0.15) is 0 Å². The number of aliphatic hydroxyl groups excluding tert-OH is 1. The molecule has 0 heterocycles. The SMILES string of the molecule is Cc1cccc(CNCC(O)COC2CCCCC2C)c1. The highest BCUT2D eigenvalue weighted by Gasteiger charge is 2.22. The quantitative estimate of drug-likeness (QED) is 0.811. The zero-order valence-corrected chi connectivity index (χ0v) is 13.3. The van der Waals surface area contributed by atoms with E-state index in [2.05, 4.69) is 43.4 Å². The summed E-state index contributed by atoms with van der Waals surface area (Å²) in [6.45, 7) is 6.16. The Balaban J connectivity index is 1.62. The Labute approximate surface area is 128 Å². The normalized spacial score (nSPS) is 24.0. The number of nitrogens with one attached hydrogen (secondary N) is 1. The Bertz CT molecular complexity index is 421. The zero-order valence-electron chi connectivity index (χ0n) is 13.3. The summed E-state index contributed by atoms with van der Waals surface area (Å²) in [5, 5.41) is 13.3. The average molecular weight is 291 g/mol. The molecule has 0 aromatic heterocycles. The van der Waals surface area contributed by atoms with E-state index in [0.717, 1.165) is 13.0 Å². The lowest BCUT2D eigenvalue weighted by molar-refractivity contribution is -0.0452. The molecule has 0 aliphatic heterocycles. The molecule has 1 aromatic carbocycles. The van der Waals surface area contributed by atoms with Crippen molar-refractivity contribution in [1.29, 1.82) is 0 Å². The van der Waals surface area contributed by atoms with Gasteiger partial charge < -0.3 is 15.2 Å². The van der Waals surface area contributed by atoms with Crippen LogP contribution in [0.5, 0.6) is 0 Å². The Hall–Kier alpha value is -0.900. The van der Waals surface area contributed by atoms with Crippen molar-refractivity contribution in [3.63, 3.8) is 0 Å². The van der Waals surface area contributed by atoms with Gasteiger partial charge in [-0.2, -0.15) is 0 Å². The van der Waals surface area contributed by atoms with E-state index in [-0.39, 0.29) is 0 Å². The van der Waals surface area contributed by atoms with E-state index in [0.29, 0.717) is 25.2 Å². The number of hydrogen-bond donors (Lipinski definition) is 2. The Morgan fingerprint density at radius 3 is 2.90 bits per heavy atom. The van der Waals surface area contributed by atoms with E-state index in [1.54, 1.807) is 0 Å². The van der Waals surface area contributed by atoms with E-state index in [1.165, 1.54) is 30.4 Å². The lowest BCUT2D eigenvalue weighted by Gasteiger charge is -2.29. The van der Waals surface area contributed by atoms with Crippen molar-refractivity contribution in [3.8, 4) is 0 Å². The summed E-state index contributed by atoms with van der Waals surface area (Å²) in [6.07, 6.45) is 4.89. The monoisotopic (exact) mass is 291 g/mol. The molecule has 1 fully saturated rings. The minimum absolute atomic E-state index is 0.338. The van der Waals surface area contributed by atoms with Crippen molar-refractivity contribution in [1.82, 2.24) is 5.32 Å². The molecule has 1 aliphatic rings.